The van der Waals surface area contributed by atoms with E-state index in [2.05, 4.69) is 20.0 Å². The molecule has 3 heterocycles. The zero-order valence-corrected chi connectivity index (χ0v) is 23.5. The predicted octanol–water partition coefficient (Wildman–Crippen LogP) is 3.20. The lowest BCUT2D eigenvalue weighted by Crippen LogP contribution is -2.41. The Morgan fingerprint density at radius 2 is 2.00 bits per heavy atom. The van der Waals surface area contributed by atoms with E-state index in [0.29, 0.717) is 0 Å². The molecule has 0 amide bonds. The van der Waals surface area contributed by atoms with E-state index in [1.54, 1.807) is 30.3 Å². The third-order valence-corrected chi connectivity index (χ3v) is 7.55. The van der Waals surface area contributed by atoms with Crippen LogP contribution in [0.5, 0.6) is 11.6 Å². The van der Waals surface area contributed by atoms with Gasteiger partial charge in [-0.2, -0.15) is 9.97 Å². The number of benzene rings is 1. The number of imidazole rings is 1. The number of para-hydroxylation sites is 1. The lowest BCUT2D eigenvalue weighted by molar-refractivity contribution is -0.118. The number of ether oxygens (including phenoxy) is 2. The number of aliphatic hydroxyl groups excluding tert-OH is 1. The van der Waals surface area contributed by atoms with Crippen molar-refractivity contribution in [2.45, 2.75) is 64.8 Å². The topological polar surface area (TPSA) is 173 Å². The van der Waals surface area contributed by atoms with E-state index in [4.69, 9.17) is 24.3 Å². The first kappa shape index (κ1) is 30.4. The van der Waals surface area contributed by atoms with Crippen molar-refractivity contribution in [2.24, 2.45) is 0 Å². The van der Waals surface area contributed by atoms with Crippen LogP contribution in [-0.2, 0) is 18.6 Å². The number of aromatic nitrogens is 4. The number of rotatable bonds is 10. The first-order valence-electron chi connectivity index (χ1n) is 12.3. The molecular formula is C24H34FN6O7P. The van der Waals surface area contributed by atoms with Crippen molar-refractivity contribution in [1.29, 1.82) is 0 Å². The van der Waals surface area contributed by atoms with Gasteiger partial charge in [0.05, 0.1) is 26.1 Å². The van der Waals surface area contributed by atoms with E-state index in [0.717, 1.165) is 6.92 Å². The number of carbonyl (C=O) groups excluding carboxylic acids is 1. The number of nitrogen functional groups attached to an aromatic ring is 1. The van der Waals surface area contributed by atoms with Gasteiger partial charge in [0.1, 0.15) is 23.7 Å². The number of carbonyl (C=O) groups is 1. The highest BCUT2D eigenvalue weighted by atomic mass is 31.2. The second-order valence-electron chi connectivity index (χ2n) is 8.70. The average molecular weight is 569 g/mol. The van der Waals surface area contributed by atoms with E-state index >= 15 is 4.39 Å². The number of nitrogens with two attached hydrogens (primary N) is 1. The van der Waals surface area contributed by atoms with Gasteiger partial charge in [0.25, 0.3) is 0 Å². The number of Topliss-reactive ketones (excluding diaryl/α,β-unsaturated/α-hetero) is 1. The average Bonchev–Trinajstić information content (AvgIpc) is 3.41. The highest BCUT2D eigenvalue weighted by molar-refractivity contribution is 7.52. The maximum absolute atomic E-state index is 15.8. The number of aliphatic hydroxyl groups is 1. The van der Waals surface area contributed by atoms with E-state index in [9.17, 15) is 14.5 Å². The van der Waals surface area contributed by atoms with Gasteiger partial charge < -0.3 is 24.8 Å². The van der Waals surface area contributed by atoms with Crippen molar-refractivity contribution < 1.29 is 37.4 Å². The van der Waals surface area contributed by atoms with Crippen molar-refractivity contribution in [3.05, 3.63) is 36.7 Å². The number of alkyl halides is 1. The third-order valence-electron chi connectivity index (χ3n) is 5.91. The second kappa shape index (κ2) is 12.3. The number of ketones is 1. The molecule has 0 bridgehead atoms. The molecule has 1 unspecified atom stereocenters. The van der Waals surface area contributed by atoms with Crippen LogP contribution in [0.15, 0.2) is 36.7 Å². The summed E-state index contributed by atoms with van der Waals surface area (Å²) in [5.41, 5.74) is 3.74. The summed E-state index contributed by atoms with van der Waals surface area (Å²) >= 11 is 0. The van der Waals surface area contributed by atoms with Crippen molar-refractivity contribution in [1.82, 2.24) is 24.6 Å². The molecule has 0 spiro atoms. The van der Waals surface area contributed by atoms with Crippen LogP contribution in [0.1, 0.15) is 40.8 Å². The van der Waals surface area contributed by atoms with Crippen molar-refractivity contribution in [2.75, 3.05) is 19.5 Å². The van der Waals surface area contributed by atoms with Gasteiger partial charge in [-0.05, 0) is 32.9 Å². The maximum atomic E-state index is 15.8. The molecule has 0 saturated carbocycles. The van der Waals surface area contributed by atoms with Gasteiger partial charge >= 0.3 is 7.75 Å². The van der Waals surface area contributed by atoms with Gasteiger partial charge in [-0.1, -0.05) is 32.0 Å². The van der Waals surface area contributed by atoms with E-state index in [-0.39, 0.29) is 34.5 Å². The lowest BCUT2D eigenvalue weighted by Gasteiger charge is -2.25. The summed E-state index contributed by atoms with van der Waals surface area (Å²) in [5.74, 6) is -0.136. The van der Waals surface area contributed by atoms with E-state index in [1.165, 1.54) is 31.9 Å². The SMILES string of the molecule is CC.COc1nc(N)nc2c1ncn2[C@@H]1O[C@H](COP(=O)(N[C@@H](C)C(C)=O)Oc2ccccc2)[C@@H](O)[C@@]1(C)F. The smallest absolute Gasteiger partial charge is 0.459 e. The largest absolute Gasteiger partial charge is 0.479 e. The monoisotopic (exact) mass is 568 g/mol. The molecule has 1 saturated heterocycles. The van der Waals surface area contributed by atoms with Crippen LogP contribution in [-0.4, -0.2) is 68.0 Å². The molecule has 1 aliphatic rings. The molecule has 13 nitrogen and oxygen atoms in total. The molecule has 15 heteroatoms. The van der Waals surface area contributed by atoms with Crippen LogP contribution in [0.4, 0.5) is 10.3 Å². The maximum Gasteiger partial charge on any atom is 0.459 e. The Morgan fingerprint density at radius 3 is 2.62 bits per heavy atom. The van der Waals surface area contributed by atoms with Gasteiger partial charge in [-0.25, -0.2) is 19.0 Å². The van der Waals surface area contributed by atoms with Gasteiger partial charge in [0, 0.05) is 0 Å². The molecule has 0 radical (unpaired) electrons. The van der Waals surface area contributed by atoms with Crippen LogP contribution in [0.2, 0.25) is 0 Å². The van der Waals surface area contributed by atoms with Crippen molar-refractivity contribution in [3.63, 3.8) is 0 Å². The fourth-order valence-corrected chi connectivity index (χ4v) is 5.36. The Hall–Kier alpha value is -3.16. The zero-order chi connectivity index (χ0) is 29.0. The van der Waals surface area contributed by atoms with Crippen LogP contribution in [0.25, 0.3) is 11.2 Å². The zero-order valence-electron chi connectivity index (χ0n) is 22.6. The minimum absolute atomic E-state index is 0.0879. The normalized spacial score (nSPS) is 24.9. The molecule has 1 fully saturated rings. The number of halogens is 1. The number of fused-ring (bicyclic) bond motifs is 1. The molecule has 1 aromatic carbocycles. The molecule has 3 aromatic rings. The Morgan fingerprint density at radius 1 is 1.33 bits per heavy atom. The van der Waals surface area contributed by atoms with Crippen molar-refractivity contribution in [3.8, 4) is 11.6 Å². The predicted molar refractivity (Wildman–Crippen MR) is 141 cm³/mol. The van der Waals surface area contributed by atoms with Gasteiger partial charge in [-0.3, -0.25) is 13.9 Å². The highest BCUT2D eigenvalue weighted by Crippen LogP contribution is 2.48. The first-order valence-corrected chi connectivity index (χ1v) is 13.8. The summed E-state index contributed by atoms with van der Waals surface area (Å²) in [4.78, 5) is 24.0. The van der Waals surface area contributed by atoms with Crippen molar-refractivity contribution >= 4 is 30.6 Å². The number of methoxy groups -OCH3 is 1. The lowest BCUT2D eigenvalue weighted by atomic mass is 9.98. The summed E-state index contributed by atoms with van der Waals surface area (Å²) < 4.78 is 52.7. The fourth-order valence-electron chi connectivity index (χ4n) is 3.78. The van der Waals surface area contributed by atoms with Crippen LogP contribution < -0.4 is 20.1 Å². The van der Waals surface area contributed by atoms with Crippen LogP contribution in [0, 0.1) is 0 Å². The Kier molecular flexibility index (Phi) is 9.62. The molecule has 214 valence electrons. The second-order valence-corrected chi connectivity index (χ2v) is 10.4. The minimum atomic E-state index is -4.17. The van der Waals surface area contributed by atoms with Crippen LogP contribution in [0.3, 0.4) is 0 Å². The highest BCUT2D eigenvalue weighted by Gasteiger charge is 2.56. The number of hydrogen-bond donors (Lipinski definition) is 3. The number of anilines is 1. The van der Waals surface area contributed by atoms with Gasteiger partial charge in [0.15, 0.2) is 23.1 Å². The number of nitrogens with one attached hydrogen (secondary N) is 1. The first-order chi connectivity index (χ1) is 18.4. The van der Waals surface area contributed by atoms with Crippen LogP contribution >= 0.6 is 7.75 Å². The Bertz CT molecular complexity index is 1330. The standard InChI is InChI=1S/C22H28FN6O7P.C2H6/c1-12(13(2)30)28-37(32,36-14-8-6-5-7-9-14)34-10-15-17(31)22(3,23)20(35-15)29-11-25-16-18(29)26-21(24)27-19(16)33-4;1-2/h5-9,11-12,15,17,20,31H,10H2,1-4H3,(H,28,32)(H2,24,26,27);1-2H3/t12-,15+,17+,20+,22+,37?;/m0./s1. The fraction of sp³-hybridized carbons (Fsp3) is 0.500. The molecule has 39 heavy (non-hydrogen) atoms. The summed E-state index contributed by atoms with van der Waals surface area (Å²) in [6.45, 7) is 7.42. The molecule has 0 aliphatic carbocycles. The number of nitrogens with zero attached hydrogens (tertiary/aromatic N) is 4. The van der Waals surface area contributed by atoms with E-state index in [1.807, 2.05) is 13.8 Å². The van der Waals surface area contributed by atoms with E-state index < -0.39 is 44.5 Å². The number of hydrogen-bond acceptors (Lipinski definition) is 11. The quantitative estimate of drug-likeness (QED) is 0.305. The summed E-state index contributed by atoms with van der Waals surface area (Å²) in [6.07, 6.45) is -3.12. The Labute approximate surface area is 225 Å². The summed E-state index contributed by atoms with van der Waals surface area (Å²) in [7, 11) is -2.79. The summed E-state index contributed by atoms with van der Waals surface area (Å²) in [6, 6.07) is 7.30. The molecule has 1 aliphatic heterocycles. The Balaban J connectivity index is 0.00000205. The third kappa shape index (κ3) is 6.53. The summed E-state index contributed by atoms with van der Waals surface area (Å²) in [5, 5.41) is 13.3. The molecule has 6 atom stereocenters. The van der Waals surface area contributed by atoms with Gasteiger partial charge in [-0.15, -0.1) is 0 Å². The molecular weight excluding hydrogens is 534 g/mol. The molecule has 4 rings (SSSR count). The molecule has 4 N–H and O–H groups in total. The minimum Gasteiger partial charge on any atom is -0.479 e. The molecule has 2 aromatic heterocycles. The van der Waals surface area contributed by atoms with Gasteiger partial charge in [0.2, 0.25) is 11.8 Å².